The number of nitrogens with zero attached hydrogens (tertiary/aromatic N) is 2. The molecule has 0 bridgehead atoms. The van der Waals surface area contributed by atoms with Gasteiger partial charge in [0.15, 0.2) is 11.5 Å². The van der Waals surface area contributed by atoms with Gasteiger partial charge < -0.3 is 19.2 Å². The van der Waals surface area contributed by atoms with E-state index in [-0.39, 0.29) is 11.8 Å². The number of carbonyl (C=O) groups is 1. The molecule has 7 nitrogen and oxygen atoms in total. The van der Waals surface area contributed by atoms with E-state index in [4.69, 9.17) is 18.9 Å². The van der Waals surface area contributed by atoms with Gasteiger partial charge in [0.1, 0.15) is 5.76 Å². The van der Waals surface area contributed by atoms with Crippen molar-refractivity contribution in [3.63, 3.8) is 0 Å². The molecule has 4 rings (SSSR count). The van der Waals surface area contributed by atoms with E-state index in [9.17, 15) is 4.79 Å². The number of hydrogen-bond donors (Lipinski definition) is 1. The van der Waals surface area contributed by atoms with Gasteiger partial charge in [-0.2, -0.15) is 0 Å². The third kappa shape index (κ3) is 6.92. The van der Waals surface area contributed by atoms with Crippen molar-refractivity contribution in [1.29, 1.82) is 0 Å². The van der Waals surface area contributed by atoms with Crippen molar-refractivity contribution in [2.45, 2.75) is 53.5 Å². The quantitative estimate of drug-likeness (QED) is 0.380. The first-order chi connectivity index (χ1) is 18.0. The zero-order valence-corrected chi connectivity index (χ0v) is 22.5. The van der Waals surface area contributed by atoms with E-state index in [1.807, 2.05) is 57.2 Å². The molecule has 1 aliphatic heterocycles. The molecule has 1 aromatic heterocycles. The van der Waals surface area contributed by atoms with Gasteiger partial charge in [0.25, 0.3) is 0 Å². The lowest BCUT2D eigenvalue weighted by atomic mass is 9.97. The van der Waals surface area contributed by atoms with E-state index >= 15 is 0 Å². The maximum atomic E-state index is 13.0. The van der Waals surface area contributed by atoms with E-state index in [2.05, 4.69) is 23.2 Å². The van der Waals surface area contributed by atoms with E-state index < -0.39 is 0 Å². The van der Waals surface area contributed by atoms with Gasteiger partial charge in [0.05, 0.1) is 24.8 Å². The van der Waals surface area contributed by atoms with Gasteiger partial charge in [-0.3, -0.25) is 9.69 Å². The van der Waals surface area contributed by atoms with Crippen LogP contribution in [-0.4, -0.2) is 48.6 Å². The maximum Gasteiger partial charge on any atom is 0.226 e. The predicted octanol–water partition coefficient (Wildman–Crippen LogP) is 5.33. The molecule has 1 N–H and O–H groups in total. The van der Waals surface area contributed by atoms with Gasteiger partial charge in [0.2, 0.25) is 11.8 Å². The monoisotopic (exact) mass is 505 g/mol. The highest BCUT2D eigenvalue weighted by atomic mass is 16.5. The number of carbonyl (C=O) groups excluding carboxylic acids is 1. The fraction of sp³-hybridized carbons (Fsp3) is 0.467. The molecule has 1 saturated heterocycles. The van der Waals surface area contributed by atoms with Gasteiger partial charge in [-0.05, 0) is 82.8 Å². The molecule has 1 atom stereocenters. The van der Waals surface area contributed by atoms with Crippen molar-refractivity contribution in [3.05, 3.63) is 65.0 Å². The molecule has 0 spiro atoms. The molecule has 7 heteroatoms. The molecule has 1 fully saturated rings. The van der Waals surface area contributed by atoms with Gasteiger partial charge >= 0.3 is 0 Å². The van der Waals surface area contributed by atoms with E-state index in [1.54, 1.807) is 0 Å². The zero-order valence-electron chi connectivity index (χ0n) is 22.5. The van der Waals surface area contributed by atoms with Crippen LogP contribution in [0.15, 0.2) is 46.9 Å². The van der Waals surface area contributed by atoms with Crippen LogP contribution in [0.5, 0.6) is 11.5 Å². The van der Waals surface area contributed by atoms with Crippen LogP contribution in [0.1, 0.15) is 49.3 Å². The molecule has 0 aliphatic carbocycles. The van der Waals surface area contributed by atoms with Crippen molar-refractivity contribution < 1.29 is 18.7 Å². The molecule has 1 amide bonds. The fourth-order valence-electron chi connectivity index (χ4n) is 4.85. The molecule has 2 aromatic carbocycles. The average molecular weight is 506 g/mol. The lowest BCUT2D eigenvalue weighted by Crippen LogP contribution is -2.43. The Morgan fingerprint density at radius 1 is 1.11 bits per heavy atom. The number of rotatable bonds is 11. The van der Waals surface area contributed by atoms with Crippen LogP contribution >= 0.6 is 0 Å². The normalized spacial score (nSPS) is 15.9. The Bertz CT molecular complexity index is 1190. The third-order valence-corrected chi connectivity index (χ3v) is 6.84. The highest BCUT2D eigenvalue weighted by Crippen LogP contribution is 2.29. The summed E-state index contributed by atoms with van der Waals surface area (Å²) in [4.78, 5) is 20.1. The minimum atomic E-state index is -0.0175. The Morgan fingerprint density at radius 3 is 2.68 bits per heavy atom. The van der Waals surface area contributed by atoms with Crippen LogP contribution in [0.2, 0.25) is 0 Å². The summed E-state index contributed by atoms with van der Waals surface area (Å²) in [6, 6.07) is 14.1. The standard InChI is InChI=1S/C30H39N3O4/c1-5-35-27-14-13-23(18-28(27)36-6-2)15-16-31-29(34)24-11-9-17-33(19-24)20-26-22(4)37-30(32-26)25-12-8-7-10-21(25)3/h7-8,10,12-14,18,24H,5-6,9,11,15-17,19-20H2,1-4H3,(H,31,34)/t24-/m0/s1. The second-order valence-electron chi connectivity index (χ2n) is 9.60. The van der Waals surface area contributed by atoms with Crippen molar-refractivity contribution in [2.75, 3.05) is 32.8 Å². The van der Waals surface area contributed by atoms with E-state index in [0.717, 1.165) is 72.0 Å². The Morgan fingerprint density at radius 2 is 1.89 bits per heavy atom. The van der Waals surface area contributed by atoms with E-state index in [1.165, 1.54) is 0 Å². The second-order valence-corrected chi connectivity index (χ2v) is 9.60. The van der Waals surface area contributed by atoms with Crippen LogP contribution in [0.3, 0.4) is 0 Å². The van der Waals surface area contributed by atoms with Crippen molar-refractivity contribution >= 4 is 5.91 Å². The lowest BCUT2D eigenvalue weighted by Gasteiger charge is -2.31. The summed E-state index contributed by atoms with van der Waals surface area (Å²) in [5.41, 5.74) is 4.22. The van der Waals surface area contributed by atoms with Crippen molar-refractivity contribution in [1.82, 2.24) is 15.2 Å². The number of benzene rings is 2. The summed E-state index contributed by atoms with van der Waals surface area (Å²) < 4.78 is 17.4. The SMILES string of the molecule is CCOc1ccc(CCNC(=O)[C@H]2CCCN(Cc3nc(-c4ccccc4C)oc3C)C2)cc1OCC. The average Bonchev–Trinajstić information content (AvgIpc) is 3.25. The first-order valence-corrected chi connectivity index (χ1v) is 13.4. The number of nitrogens with one attached hydrogen (secondary N) is 1. The fourth-order valence-corrected chi connectivity index (χ4v) is 4.85. The summed E-state index contributed by atoms with van der Waals surface area (Å²) in [5, 5.41) is 3.15. The summed E-state index contributed by atoms with van der Waals surface area (Å²) in [6.45, 7) is 12.1. The number of aryl methyl sites for hydroxylation is 2. The predicted molar refractivity (Wildman–Crippen MR) is 145 cm³/mol. The molecule has 1 aliphatic rings. The number of likely N-dealkylation sites (tertiary alicyclic amines) is 1. The summed E-state index contributed by atoms with van der Waals surface area (Å²) in [7, 11) is 0. The maximum absolute atomic E-state index is 13.0. The van der Waals surface area contributed by atoms with Gasteiger partial charge in [-0.25, -0.2) is 4.98 Å². The van der Waals surface area contributed by atoms with E-state index in [0.29, 0.717) is 32.2 Å². The first-order valence-electron chi connectivity index (χ1n) is 13.4. The topological polar surface area (TPSA) is 76.8 Å². The zero-order chi connectivity index (χ0) is 26.2. The van der Waals surface area contributed by atoms with Gasteiger partial charge in [0, 0.05) is 25.2 Å². The Kier molecular flexibility index (Phi) is 9.23. The molecule has 3 aromatic rings. The minimum Gasteiger partial charge on any atom is -0.490 e. The third-order valence-electron chi connectivity index (χ3n) is 6.84. The number of hydrogen-bond acceptors (Lipinski definition) is 6. The Labute approximate surface area is 220 Å². The molecule has 0 unspecified atom stereocenters. The van der Waals surface area contributed by atoms with Crippen molar-refractivity contribution in [2.24, 2.45) is 5.92 Å². The van der Waals surface area contributed by atoms with Gasteiger partial charge in [-0.1, -0.05) is 24.3 Å². The molecule has 2 heterocycles. The van der Waals surface area contributed by atoms with Crippen LogP contribution < -0.4 is 14.8 Å². The molecular weight excluding hydrogens is 466 g/mol. The Balaban J connectivity index is 1.30. The van der Waals surface area contributed by atoms with Crippen LogP contribution in [0.4, 0.5) is 0 Å². The van der Waals surface area contributed by atoms with Crippen LogP contribution in [0.25, 0.3) is 11.5 Å². The smallest absolute Gasteiger partial charge is 0.226 e. The largest absolute Gasteiger partial charge is 0.490 e. The number of amides is 1. The van der Waals surface area contributed by atoms with Crippen LogP contribution in [0, 0.1) is 19.8 Å². The highest BCUT2D eigenvalue weighted by molar-refractivity contribution is 5.79. The summed E-state index contributed by atoms with van der Waals surface area (Å²) in [5.74, 6) is 3.12. The first kappa shape index (κ1) is 26.7. The molecule has 0 saturated carbocycles. The van der Waals surface area contributed by atoms with Crippen LogP contribution in [-0.2, 0) is 17.8 Å². The van der Waals surface area contributed by atoms with Crippen molar-refractivity contribution in [3.8, 4) is 23.0 Å². The number of piperidine rings is 1. The molecule has 198 valence electrons. The summed E-state index contributed by atoms with van der Waals surface area (Å²) in [6.07, 6.45) is 2.65. The number of ether oxygens (including phenoxy) is 2. The highest BCUT2D eigenvalue weighted by Gasteiger charge is 2.27. The number of oxazole rings is 1. The van der Waals surface area contributed by atoms with Gasteiger partial charge in [-0.15, -0.1) is 0 Å². The second kappa shape index (κ2) is 12.8. The number of aromatic nitrogens is 1. The molecule has 0 radical (unpaired) electrons. The minimum absolute atomic E-state index is 0.0175. The molecular formula is C30H39N3O4. The summed E-state index contributed by atoms with van der Waals surface area (Å²) >= 11 is 0. The Hall–Kier alpha value is -3.32. The molecule has 37 heavy (non-hydrogen) atoms. The lowest BCUT2D eigenvalue weighted by molar-refractivity contribution is -0.126.